The van der Waals surface area contributed by atoms with Gasteiger partial charge in [0.2, 0.25) is 0 Å². The van der Waals surface area contributed by atoms with Crippen molar-refractivity contribution in [3.8, 4) is 33.4 Å². The van der Waals surface area contributed by atoms with Gasteiger partial charge in [-0.1, -0.05) is 0 Å². The van der Waals surface area contributed by atoms with E-state index in [1.807, 2.05) is 0 Å². The van der Waals surface area contributed by atoms with E-state index in [4.69, 9.17) is 11.6 Å². The van der Waals surface area contributed by atoms with Crippen LogP contribution < -0.4 is 6.54 Å². The Morgan fingerprint density at radius 2 is 1.21 bits per heavy atom. The van der Waals surface area contributed by atoms with Gasteiger partial charge in [0, 0.05) is 0 Å². The molecule has 2 aliphatic carbocycles. The van der Waals surface area contributed by atoms with Crippen molar-refractivity contribution < 1.29 is 19.8 Å². The van der Waals surface area contributed by atoms with Gasteiger partial charge in [0.1, 0.15) is 0 Å². The molecule has 2 aliphatic rings. The van der Waals surface area contributed by atoms with Crippen LogP contribution >= 0.6 is 36.4 Å². The summed E-state index contributed by atoms with van der Waals surface area (Å²) in [5.74, 6) is 0. The first-order chi connectivity index (χ1) is 25.8. The number of hydrogen-bond donors (Lipinski definition) is 0. The maximum absolute atomic E-state index is 6.55. The molecule has 0 fully saturated rings. The van der Waals surface area contributed by atoms with Crippen LogP contribution in [-0.2, 0) is 37.0 Å². The summed E-state index contributed by atoms with van der Waals surface area (Å²) in [6, 6.07) is 48.2. The van der Waals surface area contributed by atoms with Gasteiger partial charge >= 0.3 is 334 Å². The largest absolute Gasteiger partial charge is 0.147 e. The molecule has 0 N–H and O–H groups in total. The van der Waals surface area contributed by atoms with Crippen molar-refractivity contribution in [3.63, 3.8) is 0 Å². The molecule has 0 heterocycles. The minimum Gasteiger partial charge on any atom is -0.147 e. The standard InChI is InChI=1S/C33H33.C7H5Cl.C7H7.C5H5.2ClH.Zr/c1-32(2,3)30-20-26-24(18-28(30)22-13-9-7-10-14-22)17-25-19-29(23-15-11-8-12-16-23)31(21-27(25)26)33(4,5)6;1-6-2-4-7(8)5-3-6;1-7-5-3-2-4-6-7;1-2-4-5-3-1;;;/h7-16,18,20-21H,17H2,1-6H3;1-5H;3-6H,1H3;1-3H,4H2;2*1H;. The molecule has 0 nitrogen and oxygen atoms in total. The van der Waals surface area contributed by atoms with E-state index in [1.54, 1.807) is 6.55 Å². The summed E-state index contributed by atoms with van der Waals surface area (Å²) in [6.45, 7) is 16.5. The number of hydrogen-bond acceptors (Lipinski definition) is 0. The van der Waals surface area contributed by atoms with Gasteiger partial charge in [0.15, 0.2) is 0 Å². The molecule has 0 aliphatic heterocycles. The van der Waals surface area contributed by atoms with E-state index >= 15 is 0 Å². The number of rotatable bonds is 6. The Balaban J connectivity index is 0.00000266. The van der Waals surface area contributed by atoms with E-state index in [-0.39, 0.29) is 35.6 Å². The monoisotopic (exact) mass is 871 g/mol. The van der Waals surface area contributed by atoms with E-state index in [2.05, 4.69) is 198 Å². The fourth-order valence-electron chi connectivity index (χ4n) is 8.89. The number of aryl methyl sites for hydroxylation is 1. The second-order valence-corrected chi connectivity index (χ2v) is 26.7. The van der Waals surface area contributed by atoms with Gasteiger partial charge in [-0.3, -0.25) is 0 Å². The molecule has 285 valence electrons. The Labute approximate surface area is 356 Å². The summed E-state index contributed by atoms with van der Waals surface area (Å²) < 4.78 is 7.43. The Morgan fingerprint density at radius 3 is 1.79 bits per heavy atom. The van der Waals surface area contributed by atoms with Gasteiger partial charge in [0.25, 0.3) is 0 Å². The zero-order chi connectivity index (χ0) is 37.8. The fourth-order valence-corrected chi connectivity index (χ4v) is 21.4. The van der Waals surface area contributed by atoms with Crippen molar-refractivity contribution in [1.82, 2.24) is 0 Å². The van der Waals surface area contributed by atoms with Gasteiger partial charge in [-0.25, -0.2) is 0 Å². The van der Waals surface area contributed by atoms with Crippen LogP contribution in [0.4, 0.5) is 0 Å². The molecule has 1 unspecified atom stereocenters. The van der Waals surface area contributed by atoms with Crippen LogP contribution in [0.2, 0.25) is 5.02 Å². The summed E-state index contributed by atoms with van der Waals surface area (Å²) in [5.41, 5.74) is 16.3. The predicted octanol–water partition coefficient (Wildman–Crippen LogP) is 13.8. The van der Waals surface area contributed by atoms with Gasteiger partial charge in [0.05, 0.1) is 0 Å². The Hall–Kier alpha value is -3.58. The maximum Gasteiger partial charge on any atom is -0.147 e. The van der Waals surface area contributed by atoms with E-state index in [1.165, 1.54) is 70.0 Å². The maximum atomic E-state index is 6.55. The van der Waals surface area contributed by atoms with Crippen molar-refractivity contribution in [3.05, 3.63) is 187 Å². The van der Waals surface area contributed by atoms with Gasteiger partial charge in [-0.2, -0.15) is 0 Å². The van der Waals surface area contributed by atoms with Crippen LogP contribution in [0.5, 0.6) is 0 Å². The fraction of sp³-hybridized carbons (Fsp3) is 0.212. The molecule has 6 aromatic carbocycles. The van der Waals surface area contributed by atoms with E-state index in [0.717, 1.165) is 17.9 Å². The van der Waals surface area contributed by atoms with Crippen LogP contribution in [0.25, 0.3) is 33.4 Å². The van der Waals surface area contributed by atoms with Gasteiger partial charge in [-0.15, -0.1) is 24.8 Å². The normalized spacial score (nSPS) is 14.2. The summed E-state index contributed by atoms with van der Waals surface area (Å²) in [7, 11) is 0. The zero-order valence-electron chi connectivity index (χ0n) is 33.5. The van der Waals surface area contributed by atoms with Crippen molar-refractivity contribution in [1.29, 1.82) is 0 Å². The van der Waals surface area contributed by atoms with Crippen LogP contribution in [0, 0.1) is 6.92 Å². The summed E-state index contributed by atoms with van der Waals surface area (Å²) in [4.78, 5) is 0. The average molecular weight is 875 g/mol. The summed E-state index contributed by atoms with van der Waals surface area (Å²) in [5, 5.41) is 0.768. The molecule has 0 bridgehead atoms. The van der Waals surface area contributed by atoms with Crippen LogP contribution in [-0.4, -0.2) is 3.71 Å². The molecule has 1 atom stereocenters. The second-order valence-electron chi connectivity index (χ2n) is 17.4. The van der Waals surface area contributed by atoms with Crippen molar-refractivity contribution in [2.24, 2.45) is 0 Å². The van der Waals surface area contributed by atoms with Crippen LogP contribution in [0.15, 0.2) is 149 Å². The molecule has 0 spiro atoms. The quantitative estimate of drug-likeness (QED) is 0.156. The second kappa shape index (κ2) is 16.4. The average Bonchev–Trinajstić information content (AvgIpc) is 3.83. The molecule has 8 rings (SSSR count). The Morgan fingerprint density at radius 1 is 0.625 bits per heavy atom. The van der Waals surface area contributed by atoms with Gasteiger partial charge < -0.3 is 0 Å². The van der Waals surface area contributed by atoms with Crippen LogP contribution in [0.1, 0.15) is 81.3 Å². The number of allylic oxidation sites excluding steroid dienone is 4. The van der Waals surface area contributed by atoms with E-state index in [0.29, 0.717) is 0 Å². The van der Waals surface area contributed by atoms with E-state index in [9.17, 15) is 0 Å². The molecule has 0 radical (unpaired) electrons. The molecule has 0 amide bonds. The number of halogens is 3. The Kier molecular flexibility index (Phi) is 12.3. The first kappa shape index (κ1) is 42.0. The third-order valence-electron chi connectivity index (χ3n) is 11.5. The number of benzene rings is 6. The van der Waals surface area contributed by atoms with Gasteiger partial charge in [-0.05, 0) is 0 Å². The number of fused-ring (bicyclic) bond motifs is 3. The predicted molar refractivity (Wildman–Crippen MR) is 246 cm³/mol. The third kappa shape index (κ3) is 7.71. The molecular formula is C52H52Cl3Zr. The zero-order valence-corrected chi connectivity index (χ0v) is 38.4. The first-order valence-electron chi connectivity index (χ1n) is 19.4. The molecule has 0 saturated carbocycles. The molecule has 56 heavy (non-hydrogen) atoms. The minimum absolute atomic E-state index is 0. The Bertz CT molecular complexity index is 2490. The summed E-state index contributed by atoms with van der Waals surface area (Å²) >= 11 is 2.42. The van der Waals surface area contributed by atoms with Crippen molar-refractivity contribution >= 4 is 46.7 Å². The first-order valence-corrected chi connectivity index (χ1v) is 24.9. The topological polar surface area (TPSA) is 0 Å². The molecule has 6 aromatic rings. The van der Waals surface area contributed by atoms with Crippen LogP contribution in [0.3, 0.4) is 0 Å². The molecule has 0 aromatic heterocycles. The van der Waals surface area contributed by atoms with Crippen molar-refractivity contribution in [2.45, 2.75) is 72.1 Å². The molecule has 4 heteroatoms. The SMILES string of the molecule is Cc1cc[c]([Zr](=[CH]c2ccc(Cl)cc2)([C]2=CC=CC2)[c]2c3c(cc(C(C)(C)C)c2-c2ccccc2)-c2cc(C(C)(C)C)c(-c4ccccc4)cc2C3)cc1.Cl.Cl. The van der Waals surface area contributed by atoms with E-state index < -0.39 is 19.8 Å². The summed E-state index contributed by atoms with van der Waals surface area (Å²) in [6.07, 6.45) is 9.03. The molecule has 0 saturated heterocycles. The molecular weight excluding hydrogens is 822 g/mol. The minimum atomic E-state index is -4.13. The van der Waals surface area contributed by atoms with Crippen molar-refractivity contribution in [2.75, 3.05) is 0 Å². The smallest absolute Gasteiger partial charge is 0.147 e. The third-order valence-corrected chi connectivity index (χ3v) is 23.4.